The summed E-state index contributed by atoms with van der Waals surface area (Å²) < 4.78 is 13.8. The first kappa shape index (κ1) is 13.7. The number of aromatic nitrogens is 1. The number of carbonyl (C=O) groups excluding carboxylic acids is 2. The van der Waals surface area contributed by atoms with Crippen LogP contribution in [0.1, 0.15) is 17.3 Å². The lowest BCUT2D eigenvalue weighted by molar-refractivity contribution is -0.114. The van der Waals surface area contributed by atoms with Crippen LogP contribution in [0.3, 0.4) is 0 Å². The van der Waals surface area contributed by atoms with E-state index in [2.05, 4.69) is 15.6 Å². The Morgan fingerprint density at radius 2 is 1.90 bits per heavy atom. The minimum atomic E-state index is -0.718. The van der Waals surface area contributed by atoms with Crippen molar-refractivity contribution in [2.75, 3.05) is 10.6 Å². The molecule has 0 saturated carbocycles. The van der Waals surface area contributed by atoms with Crippen molar-refractivity contribution in [1.82, 2.24) is 4.98 Å². The van der Waals surface area contributed by atoms with Crippen LogP contribution in [0.5, 0.6) is 0 Å². The Balaban J connectivity index is 2.31. The molecule has 6 heteroatoms. The molecule has 2 amide bonds. The Morgan fingerprint density at radius 3 is 2.55 bits per heavy atom. The van der Waals surface area contributed by atoms with Gasteiger partial charge in [0.1, 0.15) is 11.6 Å². The quantitative estimate of drug-likeness (QED) is 0.902. The van der Waals surface area contributed by atoms with Gasteiger partial charge in [-0.05, 0) is 24.3 Å². The van der Waals surface area contributed by atoms with Crippen molar-refractivity contribution in [1.29, 1.82) is 0 Å². The molecule has 20 heavy (non-hydrogen) atoms. The topological polar surface area (TPSA) is 71.1 Å². The number of nitrogens with zero attached hydrogens (tertiary/aromatic N) is 1. The molecule has 0 saturated heterocycles. The second kappa shape index (κ2) is 5.92. The second-order valence-corrected chi connectivity index (χ2v) is 4.01. The lowest BCUT2D eigenvalue weighted by atomic mass is 10.1. The summed E-state index contributed by atoms with van der Waals surface area (Å²) in [6.07, 6.45) is 1.51. The molecule has 1 heterocycles. The predicted molar refractivity (Wildman–Crippen MR) is 72.9 cm³/mol. The second-order valence-electron chi connectivity index (χ2n) is 4.01. The van der Waals surface area contributed by atoms with Gasteiger partial charge in [-0.15, -0.1) is 0 Å². The fourth-order valence-corrected chi connectivity index (χ4v) is 1.66. The summed E-state index contributed by atoms with van der Waals surface area (Å²) in [6, 6.07) is 8.99. The van der Waals surface area contributed by atoms with Crippen molar-refractivity contribution in [2.45, 2.75) is 6.92 Å². The molecule has 5 nitrogen and oxygen atoms in total. The van der Waals surface area contributed by atoms with Crippen LogP contribution in [-0.4, -0.2) is 16.8 Å². The molecule has 2 N–H and O–H groups in total. The molecule has 1 aromatic heterocycles. The Bertz CT molecular complexity index is 644. The molecule has 0 atom stereocenters. The number of amides is 2. The van der Waals surface area contributed by atoms with Crippen molar-refractivity contribution in [2.24, 2.45) is 0 Å². The van der Waals surface area contributed by atoms with Gasteiger partial charge in [-0.1, -0.05) is 12.1 Å². The lowest BCUT2D eigenvalue weighted by Crippen LogP contribution is -2.18. The van der Waals surface area contributed by atoms with Crippen LogP contribution in [0.4, 0.5) is 15.9 Å². The third-order valence-corrected chi connectivity index (χ3v) is 2.46. The van der Waals surface area contributed by atoms with Gasteiger partial charge in [-0.25, -0.2) is 9.37 Å². The van der Waals surface area contributed by atoms with Gasteiger partial charge in [-0.3, -0.25) is 9.59 Å². The van der Waals surface area contributed by atoms with Crippen LogP contribution >= 0.6 is 0 Å². The van der Waals surface area contributed by atoms with Gasteiger partial charge in [0, 0.05) is 13.1 Å². The van der Waals surface area contributed by atoms with Crippen molar-refractivity contribution >= 4 is 23.3 Å². The highest BCUT2D eigenvalue weighted by atomic mass is 19.1. The predicted octanol–water partition coefficient (Wildman–Crippen LogP) is 2.43. The van der Waals surface area contributed by atoms with E-state index in [1.807, 2.05) is 0 Å². The third-order valence-electron chi connectivity index (χ3n) is 2.46. The molecule has 1 aromatic carbocycles. The number of carbonyl (C=O) groups is 2. The molecule has 0 radical (unpaired) electrons. The summed E-state index contributed by atoms with van der Waals surface area (Å²) >= 11 is 0. The minimum Gasteiger partial charge on any atom is -0.325 e. The van der Waals surface area contributed by atoms with E-state index in [-0.39, 0.29) is 17.2 Å². The monoisotopic (exact) mass is 273 g/mol. The van der Waals surface area contributed by atoms with Gasteiger partial charge in [0.15, 0.2) is 0 Å². The SMILES string of the molecule is CC(=O)Nc1cccc(F)c1C(=O)Nc1ccccn1. The summed E-state index contributed by atoms with van der Waals surface area (Å²) in [6.45, 7) is 1.28. The van der Waals surface area contributed by atoms with Crippen LogP contribution in [0.2, 0.25) is 0 Å². The van der Waals surface area contributed by atoms with E-state index in [4.69, 9.17) is 0 Å². The lowest BCUT2D eigenvalue weighted by Gasteiger charge is -2.10. The number of anilines is 2. The molecule has 0 unspecified atom stereocenters. The standard InChI is InChI=1S/C14H12FN3O2/c1-9(19)17-11-6-4-5-10(15)13(11)14(20)18-12-7-2-3-8-16-12/h2-8H,1H3,(H,17,19)(H,16,18,20). The highest BCUT2D eigenvalue weighted by Crippen LogP contribution is 2.20. The Kier molecular flexibility index (Phi) is 4.05. The van der Waals surface area contributed by atoms with Crippen molar-refractivity contribution in [3.8, 4) is 0 Å². The first-order valence-corrected chi connectivity index (χ1v) is 5.86. The van der Waals surface area contributed by atoms with Gasteiger partial charge in [0.25, 0.3) is 5.91 Å². The zero-order chi connectivity index (χ0) is 14.5. The maximum Gasteiger partial charge on any atom is 0.261 e. The fourth-order valence-electron chi connectivity index (χ4n) is 1.66. The Labute approximate surface area is 114 Å². The molecule has 0 aliphatic heterocycles. The van der Waals surface area contributed by atoms with E-state index in [0.717, 1.165) is 6.07 Å². The fraction of sp³-hybridized carbons (Fsp3) is 0.0714. The third kappa shape index (κ3) is 3.17. The molecule has 0 aliphatic carbocycles. The molecule has 0 bridgehead atoms. The van der Waals surface area contributed by atoms with Crippen LogP contribution in [0, 0.1) is 5.82 Å². The average molecular weight is 273 g/mol. The summed E-state index contributed by atoms with van der Waals surface area (Å²) in [4.78, 5) is 27.1. The molecule has 0 fully saturated rings. The number of rotatable bonds is 3. The smallest absolute Gasteiger partial charge is 0.261 e. The van der Waals surface area contributed by atoms with Gasteiger partial charge in [-0.2, -0.15) is 0 Å². The molecule has 2 aromatic rings. The minimum absolute atomic E-state index is 0.117. The van der Waals surface area contributed by atoms with E-state index in [1.54, 1.807) is 18.2 Å². The van der Waals surface area contributed by atoms with Crippen LogP contribution in [0.25, 0.3) is 0 Å². The van der Waals surface area contributed by atoms with Crippen molar-refractivity contribution < 1.29 is 14.0 Å². The highest BCUT2D eigenvalue weighted by molar-refractivity contribution is 6.09. The molecule has 102 valence electrons. The highest BCUT2D eigenvalue weighted by Gasteiger charge is 2.17. The summed E-state index contributed by atoms with van der Waals surface area (Å²) in [5.74, 6) is -1.48. The maximum atomic E-state index is 13.8. The first-order chi connectivity index (χ1) is 9.58. The summed E-state index contributed by atoms with van der Waals surface area (Å²) in [7, 11) is 0. The molecular formula is C14H12FN3O2. The van der Waals surface area contributed by atoms with Crippen LogP contribution in [-0.2, 0) is 4.79 Å². The molecule has 2 rings (SSSR count). The maximum absolute atomic E-state index is 13.8. The zero-order valence-electron chi connectivity index (χ0n) is 10.7. The van der Waals surface area contributed by atoms with Crippen LogP contribution in [0.15, 0.2) is 42.6 Å². The molecule has 0 spiro atoms. The number of hydrogen-bond donors (Lipinski definition) is 2. The van der Waals surface area contributed by atoms with Gasteiger partial charge >= 0.3 is 0 Å². The average Bonchev–Trinajstić information content (AvgIpc) is 2.39. The number of halogens is 1. The van der Waals surface area contributed by atoms with Gasteiger partial charge in [0.05, 0.1) is 11.3 Å². The number of pyridine rings is 1. The van der Waals surface area contributed by atoms with Gasteiger partial charge < -0.3 is 10.6 Å². The summed E-state index contributed by atoms with van der Waals surface area (Å²) in [5, 5.41) is 4.89. The zero-order valence-corrected chi connectivity index (χ0v) is 10.7. The number of hydrogen-bond acceptors (Lipinski definition) is 3. The van der Waals surface area contributed by atoms with Crippen molar-refractivity contribution in [3.63, 3.8) is 0 Å². The Hall–Kier alpha value is -2.76. The van der Waals surface area contributed by atoms with E-state index in [9.17, 15) is 14.0 Å². The largest absolute Gasteiger partial charge is 0.325 e. The number of nitrogens with one attached hydrogen (secondary N) is 2. The Morgan fingerprint density at radius 1 is 1.10 bits per heavy atom. The molecular weight excluding hydrogens is 261 g/mol. The molecule has 0 aliphatic rings. The first-order valence-electron chi connectivity index (χ1n) is 5.86. The number of benzene rings is 1. The van der Waals surface area contributed by atoms with E-state index in [0.29, 0.717) is 5.82 Å². The van der Waals surface area contributed by atoms with E-state index in [1.165, 1.54) is 25.3 Å². The van der Waals surface area contributed by atoms with E-state index < -0.39 is 11.7 Å². The van der Waals surface area contributed by atoms with Crippen LogP contribution < -0.4 is 10.6 Å². The van der Waals surface area contributed by atoms with Gasteiger partial charge in [0.2, 0.25) is 5.91 Å². The van der Waals surface area contributed by atoms with E-state index >= 15 is 0 Å². The van der Waals surface area contributed by atoms with Crippen molar-refractivity contribution in [3.05, 3.63) is 54.0 Å². The summed E-state index contributed by atoms with van der Waals surface area (Å²) in [5.41, 5.74) is -0.112. The normalized spacial score (nSPS) is 9.90.